The highest BCUT2D eigenvalue weighted by molar-refractivity contribution is 5.79. The summed E-state index contributed by atoms with van der Waals surface area (Å²) in [5, 5.41) is 13.7. The minimum atomic E-state index is -1.35. The summed E-state index contributed by atoms with van der Waals surface area (Å²) < 4.78 is 5.09. The molecule has 0 fully saturated rings. The summed E-state index contributed by atoms with van der Waals surface area (Å²) >= 11 is 0. The van der Waals surface area contributed by atoms with Crippen LogP contribution in [-0.2, 0) is 16.0 Å². The number of ether oxygens (including phenoxy) is 1. The van der Waals surface area contributed by atoms with Crippen molar-refractivity contribution in [1.29, 1.82) is 0 Å². The van der Waals surface area contributed by atoms with Crippen LogP contribution in [0, 0.1) is 0 Å². The predicted molar refractivity (Wildman–Crippen MR) is 93.7 cm³/mol. The van der Waals surface area contributed by atoms with Crippen molar-refractivity contribution in [1.82, 2.24) is 5.32 Å². The van der Waals surface area contributed by atoms with Crippen molar-refractivity contribution in [3.63, 3.8) is 0 Å². The lowest BCUT2D eigenvalue weighted by molar-refractivity contribution is -0.308. The van der Waals surface area contributed by atoms with Gasteiger partial charge in [-0.3, -0.25) is 0 Å². The molecule has 2 aromatic rings. The summed E-state index contributed by atoms with van der Waals surface area (Å²) in [5.74, 6) is -1.35. The Morgan fingerprint density at radius 2 is 1.56 bits per heavy atom. The Labute approximate surface area is 147 Å². The average molecular weight is 340 g/mol. The number of nitrogens with one attached hydrogen (secondary N) is 1. The molecule has 1 amide bonds. The molecule has 1 atom stereocenters. The maximum Gasteiger partial charge on any atom is 0.408 e. The summed E-state index contributed by atoms with van der Waals surface area (Å²) in [6.45, 7) is 5.13. The molecule has 0 radical (unpaired) electrons. The van der Waals surface area contributed by atoms with Gasteiger partial charge in [0.15, 0.2) is 0 Å². The Balaban J connectivity index is 2.04. The molecule has 132 valence electrons. The monoisotopic (exact) mass is 340 g/mol. The number of hydrogen-bond donors (Lipinski definition) is 1. The van der Waals surface area contributed by atoms with Gasteiger partial charge in [0.05, 0.1) is 12.0 Å². The van der Waals surface area contributed by atoms with Crippen LogP contribution < -0.4 is 10.4 Å². The first-order chi connectivity index (χ1) is 11.7. The maximum atomic E-state index is 11.8. The lowest BCUT2D eigenvalue weighted by Crippen LogP contribution is -2.50. The number of benzene rings is 2. The Hall–Kier alpha value is -2.82. The minimum Gasteiger partial charge on any atom is -0.548 e. The molecule has 0 bridgehead atoms. The van der Waals surface area contributed by atoms with E-state index in [1.807, 2.05) is 54.6 Å². The molecule has 0 aromatic heterocycles. The molecule has 5 heteroatoms. The normalized spacial score (nSPS) is 12.3. The van der Waals surface area contributed by atoms with Gasteiger partial charge in [-0.2, -0.15) is 0 Å². The molecule has 5 nitrogen and oxygen atoms in total. The highest BCUT2D eigenvalue weighted by Crippen LogP contribution is 2.19. The van der Waals surface area contributed by atoms with Crippen LogP contribution >= 0.6 is 0 Å². The number of carbonyl (C=O) groups is 2. The van der Waals surface area contributed by atoms with Crippen LogP contribution in [0.1, 0.15) is 26.3 Å². The summed E-state index contributed by atoms with van der Waals surface area (Å²) in [5.41, 5.74) is 2.20. The largest absolute Gasteiger partial charge is 0.548 e. The molecule has 2 aromatic carbocycles. The quantitative estimate of drug-likeness (QED) is 0.907. The van der Waals surface area contributed by atoms with Gasteiger partial charge in [0.1, 0.15) is 5.60 Å². The number of hydrogen-bond acceptors (Lipinski definition) is 4. The third-order valence-corrected chi connectivity index (χ3v) is 3.48. The number of aliphatic carboxylic acids is 1. The van der Waals surface area contributed by atoms with Crippen molar-refractivity contribution in [3.8, 4) is 11.1 Å². The Morgan fingerprint density at radius 3 is 2.08 bits per heavy atom. The van der Waals surface area contributed by atoms with Gasteiger partial charge in [0, 0.05) is 0 Å². The van der Waals surface area contributed by atoms with E-state index in [0.29, 0.717) is 0 Å². The molecule has 0 heterocycles. The third-order valence-electron chi connectivity index (χ3n) is 3.48. The molecule has 0 aliphatic heterocycles. The van der Waals surface area contributed by atoms with Crippen molar-refractivity contribution < 1.29 is 19.4 Å². The Bertz CT molecular complexity index is 718. The predicted octanol–water partition coefficient (Wildman–Crippen LogP) is 2.54. The van der Waals surface area contributed by atoms with E-state index in [1.54, 1.807) is 20.8 Å². The number of alkyl carbamates (subject to hydrolysis) is 1. The molecule has 25 heavy (non-hydrogen) atoms. The van der Waals surface area contributed by atoms with Gasteiger partial charge < -0.3 is 20.0 Å². The molecule has 1 N–H and O–H groups in total. The Morgan fingerprint density at radius 1 is 1.00 bits per heavy atom. The van der Waals surface area contributed by atoms with E-state index >= 15 is 0 Å². The van der Waals surface area contributed by atoms with Crippen molar-refractivity contribution in [2.45, 2.75) is 38.8 Å². The molecule has 0 aliphatic rings. The van der Waals surface area contributed by atoms with Crippen LogP contribution in [0.4, 0.5) is 4.79 Å². The summed E-state index contributed by atoms with van der Waals surface area (Å²) in [6, 6.07) is 16.2. The zero-order chi connectivity index (χ0) is 18.4. The molecule has 0 aliphatic carbocycles. The third kappa shape index (κ3) is 5.95. The standard InChI is InChI=1S/C20H23NO4/c1-20(2,3)25-19(24)21-17(18(22)23)13-14-9-11-16(12-10-14)15-7-5-4-6-8-15/h4-12,17H,13H2,1-3H3,(H,21,24)(H,22,23)/p-1/t17-/m1/s1. The van der Waals surface area contributed by atoms with Gasteiger partial charge in [-0.1, -0.05) is 54.6 Å². The van der Waals surface area contributed by atoms with Gasteiger partial charge in [0.25, 0.3) is 0 Å². The fourth-order valence-corrected chi connectivity index (χ4v) is 2.34. The topological polar surface area (TPSA) is 78.5 Å². The van der Waals surface area contributed by atoms with Crippen LogP contribution in [0.3, 0.4) is 0 Å². The second-order valence-corrected chi connectivity index (χ2v) is 6.78. The molecule has 0 saturated carbocycles. The Kier molecular flexibility index (Phi) is 5.80. The van der Waals surface area contributed by atoms with Gasteiger partial charge in [-0.15, -0.1) is 0 Å². The van der Waals surface area contributed by atoms with Crippen molar-refractivity contribution in [2.24, 2.45) is 0 Å². The van der Waals surface area contributed by atoms with Crippen LogP contribution in [0.5, 0.6) is 0 Å². The molecule has 2 rings (SSSR count). The van der Waals surface area contributed by atoms with Crippen molar-refractivity contribution in [2.75, 3.05) is 0 Å². The van der Waals surface area contributed by atoms with Crippen LogP contribution in [0.15, 0.2) is 54.6 Å². The van der Waals surface area contributed by atoms with Gasteiger partial charge in [0.2, 0.25) is 0 Å². The average Bonchev–Trinajstić information content (AvgIpc) is 2.54. The SMILES string of the molecule is CC(C)(C)OC(=O)N[C@H](Cc1ccc(-c2ccccc2)cc1)C(=O)[O-]. The fourth-order valence-electron chi connectivity index (χ4n) is 2.34. The van der Waals surface area contributed by atoms with Crippen LogP contribution in [0.25, 0.3) is 11.1 Å². The molecular weight excluding hydrogens is 318 g/mol. The van der Waals surface area contributed by atoms with E-state index in [0.717, 1.165) is 16.7 Å². The maximum absolute atomic E-state index is 11.8. The number of rotatable bonds is 5. The van der Waals surface area contributed by atoms with Crippen molar-refractivity contribution in [3.05, 3.63) is 60.2 Å². The summed E-state index contributed by atoms with van der Waals surface area (Å²) in [7, 11) is 0. The summed E-state index contributed by atoms with van der Waals surface area (Å²) in [6.07, 6.45) is -0.654. The second kappa shape index (κ2) is 7.83. The van der Waals surface area contributed by atoms with E-state index in [-0.39, 0.29) is 6.42 Å². The number of carboxylic acids is 1. The van der Waals surface area contributed by atoms with E-state index in [9.17, 15) is 14.7 Å². The first-order valence-electron chi connectivity index (χ1n) is 8.09. The van der Waals surface area contributed by atoms with E-state index in [2.05, 4.69) is 5.32 Å². The van der Waals surface area contributed by atoms with Crippen molar-refractivity contribution >= 4 is 12.1 Å². The van der Waals surface area contributed by atoms with Gasteiger partial charge >= 0.3 is 6.09 Å². The zero-order valence-electron chi connectivity index (χ0n) is 14.6. The molecule has 0 spiro atoms. The molecule has 0 saturated heterocycles. The fraction of sp³-hybridized carbons (Fsp3) is 0.300. The zero-order valence-corrected chi connectivity index (χ0v) is 14.6. The van der Waals surface area contributed by atoms with Gasteiger partial charge in [-0.25, -0.2) is 4.79 Å². The first-order valence-corrected chi connectivity index (χ1v) is 8.09. The first kappa shape index (κ1) is 18.5. The lowest BCUT2D eigenvalue weighted by atomic mass is 10.0. The van der Waals surface area contributed by atoms with Crippen LogP contribution in [0.2, 0.25) is 0 Å². The lowest BCUT2D eigenvalue weighted by Gasteiger charge is -2.24. The number of amides is 1. The smallest absolute Gasteiger partial charge is 0.408 e. The number of carbonyl (C=O) groups excluding carboxylic acids is 2. The van der Waals surface area contributed by atoms with E-state index in [1.165, 1.54) is 0 Å². The van der Waals surface area contributed by atoms with Gasteiger partial charge in [-0.05, 0) is 43.9 Å². The van der Waals surface area contributed by atoms with E-state index in [4.69, 9.17) is 4.74 Å². The summed E-state index contributed by atoms with van der Waals surface area (Å²) in [4.78, 5) is 23.1. The highest BCUT2D eigenvalue weighted by atomic mass is 16.6. The number of carboxylic acid groups (broad SMARTS) is 1. The minimum absolute atomic E-state index is 0.122. The van der Waals surface area contributed by atoms with E-state index < -0.39 is 23.7 Å². The molecule has 0 unspecified atom stereocenters. The second-order valence-electron chi connectivity index (χ2n) is 6.78. The highest BCUT2D eigenvalue weighted by Gasteiger charge is 2.20. The van der Waals surface area contributed by atoms with Crippen LogP contribution in [-0.4, -0.2) is 23.7 Å². The molecular formula is C20H22NO4-.